The summed E-state index contributed by atoms with van der Waals surface area (Å²) in [6, 6.07) is 7.63. The van der Waals surface area contributed by atoms with Gasteiger partial charge in [0.25, 0.3) is 0 Å². The number of anilines is 1. The zero-order valence-corrected chi connectivity index (χ0v) is 12.3. The number of benzene rings is 1. The lowest BCUT2D eigenvalue weighted by atomic mass is 10.2. The Morgan fingerprint density at radius 2 is 2.05 bits per heavy atom. The number of nitrogens with one attached hydrogen (secondary N) is 1. The Kier molecular flexibility index (Phi) is 6.42. The predicted octanol–water partition coefficient (Wildman–Crippen LogP) is 2.62. The van der Waals surface area contributed by atoms with Crippen LogP contribution in [0.1, 0.15) is 18.9 Å². The fraction of sp³-hybridized carbons (Fsp3) is 0.429. The van der Waals surface area contributed by atoms with Crippen molar-refractivity contribution in [2.24, 2.45) is 0 Å². The second-order valence-corrected chi connectivity index (χ2v) is 5.69. The van der Waals surface area contributed by atoms with Crippen molar-refractivity contribution in [2.75, 3.05) is 18.2 Å². The first-order chi connectivity index (χ1) is 9.02. The van der Waals surface area contributed by atoms with Crippen molar-refractivity contribution in [3.63, 3.8) is 0 Å². The third-order valence-corrected chi connectivity index (χ3v) is 3.76. The number of amides is 1. The summed E-state index contributed by atoms with van der Waals surface area (Å²) in [5, 5.41) is 2.92. The van der Waals surface area contributed by atoms with Crippen LogP contribution in [-0.2, 0) is 14.3 Å². The van der Waals surface area contributed by atoms with Crippen LogP contribution in [0.25, 0.3) is 0 Å². The Labute approximate surface area is 117 Å². The fourth-order valence-electron chi connectivity index (χ4n) is 1.49. The Hall–Kier alpha value is -1.49. The Balaban J connectivity index is 2.36. The van der Waals surface area contributed by atoms with Crippen LogP contribution in [0.4, 0.5) is 5.69 Å². The minimum absolute atomic E-state index is 0.0592. The zero-order valence-electron chi connectivity index (χ0n) is 11.4. The average Bonchev–Trinajstić information content (AvgIpc) is 2.39. The summed E-state index contributed by atoms with van der Waals surface area (Å²) in [4.78, 5) is 22.8. The fourth-order valence-corrected chi connectivity index (χ4v) is 2.26. The van der Waals surface area contributed by atoms with Crippen molar-refractivity contribution < 1.29 is 14.3 Å². The Morgan fingerprint density at radius 1 is 1.37 bits per heavy atom. The van der Waals surface area contributed by atoms with Crippen LogP contribution in [0.2, 0.25) is 0 Å². The van der Waals surface area contributed by atoms with Crippen molar-refractivity contribution in [3.8, 4) is 0 Å². The highest BCUT2D eigenvalue weighted by Gasteiger charge is 2.12. The molecule has 0 spiro atoms. The monoisotopic (exact) mass is 281 g/mol. The molecule has 0 bridgehead atoms. The summed E-state index contributed by atoms with van der Waals surface area (Å²) in [5.74, 6) is 0.0160. The molecule has 0 saturated carbocycles. The van der Waals surface area contributed by atoms with E-state index in [2.05, 4.69) is 10.1 Å². The SMILES string of the molecule is COC(=O)CC(C)SCC(=O)Nc1ccccc1C. The normalized spacial score (nSPS) is 11.7. The average molecular weight is 281 g/mol. The van der Waals surface area contributed by atoms with Gasteiger partial charge in [-0.25, -0.2) is 0 Å². The number of para-hydroxylation sites is 1. The maximum atomic E-state index is 11.8. The molecule has 0 saturated heterocycles. The second-order valence-electron chi connectivity index (χ2n) is 4.26. The molecule has 0 fully saturated rings. The van der Waals surface area contributed by atoms with E-state index in [1.54, 1.807) is 0 Å². The van der Waals surface area contributed by atoms with Gasteiger partial charge in [-0.1, -0.05) is 25.1 Å². The molecule has 0 aromatic heterocycles. The third-order valence-electron chi connectivity index (χ3n) is 2.60. The summed E-state index contributed by atoms with van der Waals surface area (Å²) < 4.78 is 4.59. The Bertz CT molecular complexity index is 448. The number of hydrogen-bond acceptors (Lipinski definition) is 4. The van der Waals surface area contributed by atoms with Crippen molar-refractivity contribution >= 4 is 29.3 Å². The lowest BCUT2D eigenvalue weighted by Gasteiger charge is -2.11. The van der Waals surface area contributed by atoms with Gasteiger partial charge in [0, 0.05) is 10.9 Å². The largest absolute Gasteiger partial charge is 0.469 e. The van der Waals surface area contributed by atoms with Gasteiger partial charge in [0.1, 0.15) is 0 Å². The van der Waals surface area contributed by atoms with Gasteiger partial charge in [0.15, 0.2) is 0 Å². The van der Waals surface area contributed by atoms with Crippen molar-refractivity contribution in [3.05, 3.63) is 29.8 Å². The van der Waals surface area contributed by atoms with E-state index in [1.807, 2.05) is 38.1 Å². The van der Waals surface area contributed by atoms with Gasteiger partial charge in [0.05, 0.1) is 19.3 Å². The first kappa shape index (κ1) is 15.6. The van der Waals surface area contributed by atoms with Crippen LogP contribution in [-0.4, -0.2) is 30.0 Å². The molecule has 19 heavy (non-hydrogen) atoms. The number of methoxy groups -OCH3 is 1. The minimum Gasteiger partial charge on any atom is -0.469 e. The second kappa shape index (κ2) is 7.84. The molecule has 0 aliphatic carbocycles. The first-order valence-electron chi connectivity index (χ1n) is 6.07. The van der Waals surface area contributed by atoms with Crippen LogP contribution < -0.4 is 5.32 Å². The summed E-state index contributed by atoms with van der Waals surface area (Å²) in [5.41, 5.74) is 1.86. The lowest BCUT2D eigenvalue weighted by molar-refractivity contribution is -0.140. The molecule has 1 aromatic rings. The van der Waals surface area contributed by atoms with E-state index in [4.69, 9.17) is 0 Å². The topological polar surface area (TPSA) is 55.4 Å². The summed E-state index contributed by atoms with van der Waals surface area (Å²) in [6.45, 7) is 3.85. The number of hydrogen-bond donors (Lipinski definition) is 1. The first-order valence-corrected chi connectivity index (χ1v) is 7.11. The Morgan fingerprint density at radius 3 is 2.68 bits per heavy atom. The van der Waals surface area contributed by atoms with Gasteiger partial charge in [0.2, 0.25) is 5.91 Å². The molecule has 1 aromatic carbocycles. The number of rotatable bonds is 6. The van der Waals surface area contributed by atoms with Gasteiger partial charge in [-0.3, -0.25) is 9.59 Å². The molecule has 4 nitrogen and oxygen atoms in total. The van der Waals surface area contributed by atoms with Crippen LogP contribution in [0.15, 0.2) is 24.3 Å². The molecule has 1 unspecified atom stereocenters. The molecule has 0 aliphatic heterocycles. The highest BCUT2D eigenvalue weighted by Crippen LogP contribution is 2.17. The summed E-state index contributed by atoms with van der Waals surface area (Å²) >= 11 is 1.44. The van der Waals surface area contributed by atoms with Gasteiger partial charge in [-0.15, -0.1) is 11.8 Å². The number of thioether (sulfide) groups is 1. The van der Waals surface area contributed by atoms with Gasteiger partial charge < -0.3 is 10.1 Å². The van der Waals surface area contributed by atoms with E-state index in [0.717, 1.165) is 11.3 Å². The maximum absolute atomic E-state index is 11.8. The summed E-state index contributed by atoms with van der Waals surface area (Å²) in [7, 11) is 1.37. The van der Waals surface area contributed by atoms with Crippen molar-refractivity contribution in [2.45, 2.75) is 25.5 Å². The van der Waals surface area contributed by atoms with Crippen LogP contribution in [0, 0.1) is 6.92 Å². The summed E-state index contributed by atoms with van der Waals surface area (Å²) in [6.07, 6.45) is 0.318. The lowest BCUT2D eigenvalue weighted by Crippen LogP contribution is -2.17. The highest BCUT2D eigenvalue weighted by molar-refractivity contribution is 8.00. The number of carbonyl (C=O) groups excluding carboxylic acids is 2. The number of aryl methyl sites for hydroxylation is 1. The van der Waals surface area contributed by atoms with Crippen molar-refractivity contribution in [1.29, 1.82) is 0 Å². The zero-order chi connectivity index (χ0) is 14.3. The van der Waals surface area contributed by atoms with E-state index in [-0.39, 0.29) is 17.1 Å². The molecule has 1 N–H and O–H groups in total. The van der Waals surface area contributed by atoms with Gasteiger partial charge in [-0.2, -0.15) is 0 Å². The number of carbonyl (C=O) groups is 2. The molecule has 0 heterocycles. The van der Waals surface area contributed by atoms with Gasteiger partial charge >= 0.3 is 5.97 Å². The molecular formula is C14H19NO3S. The van der Waals surface area contributed by atoms with E-state index in [1.165, 1.54) is 18.9 Å². The molecular weight excluding hydrogens is 262 g/mol. The van der Waals surface area contributed by atoms with E-state index < -0.39 is 0 Å². The predicted molar refractivity (Wildman–Crippen MR) is 78.4 cm³/mol. The maximum Gasteiger partial charge on any atom is 0.306 e. The highest BCUT2D eigenvalue weighted by atomic mass is 32.2. The molecule has 5 heteroatoms. The molecule has 0 radical (unpaired) electrons. The van der Waals surface area contributed by atoms with Gasteiger partial charge in [-0.05, 0) is 18.6 Å². The molecule has 1 amide bonds. The standard InChI is InChI=1S/C14H19NO3S/c1-10-6-4-5-7-12(10)15-13(16)9-19-11(2)8-14(17)18-3/h4-7,11H,8-9H2,1-3H3,(H,15,16). The smallest absolute Gasteiger partial charge is 0.306 e. The van der Waals surface area contributed by atoms with Crippen LogP contribution in [0.5, 0.6) is 0 Å². The molecule has 104 valence electrons. The molecule has 0 aliphatic rings. The van der Waals surface area contributed by atoms with Crippen LogP contribution >= 0.6 is 11.8 Å². The third kappa shape index (κ3) is 5.79. The quantitative estimate of drug-likeness (QED) is 0.814. The van der Waals surface area contributed by atoms with Crippen LogP contribution in [0.3, 0.4) is 0 Å². The molecule has 1 atom stereocenters. The van der Waals surface area contributed by atoms with E-state index in [0.29, 0.717) is 12.2 Å². The minimum atomic E-state index is -0.251. The van der Waals surface area contributed by atoms with E-state index in [9.17, 15) is 9.59 Å². The molecule has 1 rings (SSSR count). The number of ether oxygens (including phenoxy) is 1. The van der Waals surface area contributed by atoms with Crippen molar-refractivity contribution in [1.82, 2.24) is 0 Å². The van der Waals surface area contributed by atoms with E-state index >= 15 is 0 Å². The number of esters is 1.